The van der Waals surface area contributed by atoms with E-state index in [1.165, 1.54) is 4.68 Å². The Bertz CT molecular complexity index is 1290. The Labute approximate surface area is 185 Å². The number of rotatable bonds is 6. The van der Waals surface area contributed by atoms with E-state index in [4.69, 9.17) is 15.2 Å². The average Bonchev–Trinajstić information content (AvgIpc) is 3.20. The SMILES string of the molecule is CCOC(=O)c1nn(-c2cccc(N)c2)c(-c2ccc(Oc3ccccc3)cc2)c1C#N. The Morgan fingerprint density at radius 3 is 2.41 bits per heavy atom. The first-order chi connectivity index (χ1) is 15.6. The monoisotopic (exact) mass is 424 g/mol. The minimum Gasteiger partial charge on any atom is -0.461 e. The molecule has 0 bridgehead atoms. The number of hydrogen-bond acceptors (Lipinski definition) is 6. The predicted octanol–water partition coefficient (Wildman–Crippen LogP) is 4.96. The Kier molecular flexibility index (Phi) is 5.86. The summed E-state index contributed by atoms with van der Waals surface area (Å²) in [5.74, 6) is 0.698. The van der Waals surface area contributed by atoms with Crippen LogP contribution in [-0.2, 0) is 4.74 Å². The average molecular weight is 424 g/mol. The highest BCUT2D eigenvalue weighted by atomic mass is 16.5. The number of ether oxygens (including phenoxy) is 2. The normalized spacial score (nSPS) is 10.4. The van der Waals surface area contributed by atoms with Gasteiger partial charge < -0.3 is 15.2 Å². The summed E-state index contributed by atoms with van der Waals surface area (Å²) in [5, 5.41) is 14.3. The Morgan fingerprint density at radius 1 is 1.03 bits per heavy atom. The van der Waals surface area contributed by atoms with Crippen molar-refractivity contribution in [2.24, 2.45) is 0 Å². The van der Waals surface area contributed by atoms with Gasteiger partial charge in [-0.15, -0.1) is 0 Å². The van der Waals surface area contributed by atoms with Crippen molar-refractivity contribution in [1.82, 2.24) is 9.78 Å². The van der Waals surface area contributed by atoms with Crippen molar-refractivity contribution < 1.29 is 14.3 Å². The van der Waals surface area contributed by atoms with Crippen molar-refractivity contribution in [3.8, 4) is 34.5 Å². The van der Waals surface area contributed by atoms with E-state index in [9.17, 15) is 10.1 Å². The Hall–Kier alpha value is -4.57. The lowest BCUT2D eigenvalue weighted by atomic mass is 10.1. The smallest absolute Gasteiger partial charge is 0.360 e. The summed E-state index contributed by atoms with van der Waals surface area (Å²) in [7, 11) is 0. The van der Waals surface area contributed by atoms with Crippen molar-refractivity contribution in [2.75, 3.05) is 12.3 Å². The second kappa shape index (κ2) is 9.06. The van der Waals surface area contributed by atoms with E-state index in [0.29, 0.717) is 34.1 Å². The number of nitrogens with two attached hydrogens (primary N) is 1. The fourth-order valence-corrected chi connectivity index (χ4v) is 3.28. The molecule has 0 fully saturated rings. The van der Waals surface area contributed by atoms with Gasteiger partial charge in [0.25, 0.3) is 0 Å². The molecule has 2 N–H and O–H groups in total. The van der Waals surface area contributed by atoms with Crippen molar-refractivity contribution in [2.45, 2.75) is 6.92 Å². The predicted molar refractivity (Wildman–Crippen MR) is 121 cm³/mol. The van der Waals surface area contributed by atoms with Gasteiger partial charge in [0, 0.05) is 11.3 Å². The maximum absolute atomic E-state index is 12.5. The number of esters is 1. The summed E-state index contributed by atoms with van der Waals surface area (Å²) in [6, 6.07) is 25.8. The van der Waals surface area contributed by atoms with Gasteiger partial charge in [0.15, 0.2) is 5.69 Å². The van der Waals surface area contributed by atoms with Gasteiger partial charge in [0.2, 0.25) is 0 Å². The lowest BCUT2D eigenvalue weighted by Gasteiger charge is -2.10. The van der Waals surface area contributed by atoms with E-state index in [-0.39, 0.29) is 17.9 Å². The van der Waals surface area contributed by atoms with Gasteiger partial charge in [0.05, 0.1) is 18.0 Å². The number of benzene rings is 3. The van der Waals surface area contributed by atoms with Gasteiger partial charge in [-0.05, 0) is 61.5 Å². The highest BCUT2D eigenvalue weighted by Crippen LogP contribution is 2.32. The molecule has 7 nitrogen and oxygen atoms in total. The number of carbonyl (C=O) groups is 1. The molecule has 0 unspecified atom stereocenters. The first-order valence-electron chi connectivity index (χ1n) is 10.00. The number of nitrogens with zero attached hydrogens (tertiary/aromatic N) is 3. The van der Waals surface area contributed by atoms with Gasteiger partial charge >= 0.3 is 5.97 Å². The van der Waals surface area contributed by atoms with Crippen LogP contribution in [0.2, 0.25) is 0 Å². The van der Waals surface area contributed by atoms with E-state index in [1.807, 2.05) is 42.5 Å². The molecule has 7 heteroatoms. The summed E-state index contributed by atoms with van der Waals surface area (Å²) in [4.78, 5) is 12.5. The second-order valence-electron chi connectivity index (χ2n) is 6.85. The summed E-state index contributed by atoms with van der Waals surface area (Å²) in [6.45, 7) is 1.88. The lowest BCUT2D eigenvalue weighted by Crippen LogP contribution is -2.08. The molecule has 0 saturated carbocycles. The highest BCUT2D eigenvalue weighted by molar-refractivity contribution is 5.93. The first-order valence-corrected chi connectivity index (χ1v) is 10.00. The molecule has 3 aromatic carbocycles. The first kappa shape index (κ1) is 20.7. The van der Waals surface area contributed by atoms with Crippen LogP contribution in [0.4, 0.5) is 5.69 Å². The molecule has 1 aromatic heterocycles. The van der Waals surface area contributed by atoms with Crippen molar-refractivity contribution >= 4 is 11.7 Å². The number of aromatic nitrogens is 2. The standard InChI is InChI=1S/C25H20N4O3/c1-2-31-25(30)23-22(16-26)24(29(28-23)19-8-6-7-18(27)15-19)17-11-13-21(14-12-17)32-20-9-4-3-5-10-20/h3-15H,2,27H2,1H3. The summed E-state index contributed by atoms with van der Waals surface area (Å²) in [5.41, 5.74) is 8.34. The Balaban J connectivity index is 1.81. The molecule has 4 aromatic rings. The van der Waals surface area contributed by atoms with Crippen LogP contribution in [0.25, 0.3) is 16.9 Å². The lowest BCUT2D eigenvalue weighted by molar-refractivity contribution is 0.0518. The highest BCUT2D eigenvalue weighted by Gasteiger charge is 2.26. The molecular formula is C25H20N4O3. The number of anilines is 1. The largest absolute Gasteiger partial charge is 0.461 e. The quantitative estimate of drug-likeness (QED) is 0.346. The van der Waals surface area contributed by atoms with Gasteiger partial charge in [0.1, 0.15) is 23.1 Å². The van der Waals surface area contributed by atoms with Crippen LogP contribution < -0.4 is 10.5 Å². The maximum atomic E-state index is 12.5. The zero-order valence-electron chi connectivity index (χ0n) is 17.4. The molecule has 0 radical (unpaired) electrons. The number of para-hydroxylation sites is 1. The second-order valence-corrected chi connectivity index (χ2v) is 6.85. The number of nitriles is 1. The van der Waals surface area contributed by atoms with E-state index >= 15 is 0 Å². The van der Waals surface area contributed by atoms with Crippen LogP contribution >= 0.6 is 0 Å². The molecule has 0 aliphatic heterocycles. The molecule has 1 heterocycles. The van der Waals surface area contributed by atoms with Gasteiger partial charge in [-0.25, -0.2) is 9.48 Å². The summed E-state index contributed by atoms with van der Waals surface area (Å²) >= 11 is 0. The van der Waals surface area contributed by atoms with Crippen LogP contribution in [0.3, 0.4) is 0 Å². The third-order valence-corrected chi connectivity index (χ3v) is 4.69. The van der Waals surface area contributed by atoms with Crippen molar-refractivity contribution in [1.29, 1.82) is 5.26 Å². The van der Waals surface area contributed by atoms with Crippen LogP contribution in [0.15, 0.2) is 78.9 Å². The molecule has 0 saturated heterocycles. The van der Waals surface area contributed by atoms with Crippen LogP contribution in [0, 0.1) is 11.3 Å². The van der Waals surface area contributed by atoms with E-state index in [1.54, 1.807) is 43.3 Å². The molecule has 0 aliphatic rings. The zero-order chi connectivity index (χ0) is 22.5. The summed E-state index contributed by atoms with van der Waals surface area (Å²) in [6.07, 6.45) is 0. The maximum Gasteiger partial charge on any atom is 0.360 e. The molecule has 32 heavy (non-hydrogen) atoms. The van der Waals surface area contributed by atoms with Gasteiger partial charge in [-0.3, -0.25) is 0 Å². The van der Waals surface area contributed by atoms with Crippen LogP contribution in [0.5, 0.6) is 11.5 Å². The van der Waals surface area contributed by atoms with E-state index in [2.05, 4.69) is 11.2 Å². The molecular weight excluding hydrogens is 404 g/mol. The third kappa shape index (κ3) is 4.16. The fraction of sp³-hybridized carbons (Fsp3) is 0.0800. The molecule has 0 aliphatic carbocycles. The van der Waals surface area contributed by atoms with E-state index < -0.39 is 5.97 Å². The number of carbonyl (C=O) groups excluding carboxylic acids is 1. The Morgan fingerprint density at radius 2 is 1.75 bits per heavy atom. The minimum atomic E-state index is -0.656. The van der Waals surface area contributed by atoms with Crippen molar-refractivity contribution in [3.05, 3.63) is 90.1 Å². The third-order valence-electron chi connectivity index (χ3n) is 4.69. The molecule has 158 valence electrons. The molecule has 0 atom stereocenters. The van der Waals surface area contributed by atoms with Crippen molar-refractivity contribution in [3.63, 3.8) is 0 Å². The minimum absolute atomic E-state index is 0.0450. The zero-order valence-corrected chi connectivity index (χ0v) is 17.4. The van der Waals surface area contributed by atoms with Gasteiger partial charge in [-0.2, -0.15) is 10.4 Å². The van der Waals surface area contributed by atoms with Crippen LogP contribution in [-0.4, -0.2) is 22.4 Å². The molecule has 0 amide bonds. The van der Waals surface area contributed by atoms with Gasteiger partial charge in [-0.1, -0.05) is 24.3 Å². The molecule has 0 spiro atoms. The number of nitrogen functional groups attached to an aromatic ring is 1. The van der Waals surface area contributed by atoms with E-state index in [0.717, 1.165) is 0 Å². The van der Waals surface area contributed by atoms with Crippen LogP contribution in [0.1, 0.15) is 23.0 Å². The molecule has 4 rings (SSSR count). The summed E-state index contributed by atoms with van der Waals surface area (Å²) < 4.78 is 12.5. The number of hydrogen-bond donors (Lipinski definition) is 1. The topological polar surface area (TPSA) is 103 Å². The fourth-order valence-electron chi connectivity index (χ4n) is 3.28.